The first-order valence-corrected chi connectivity index (χ1v) is 7.12. The average Bonchev–Trinajstić information content (AvgIpc) is 2.44. The summed E-state index contributed by atoms with van der Waals surface area (Å²) < 4.78 is 2.79. The van der Waals surface area contributed by atoms with Gasteiger partial charge in [0.05, 0.1) is 44.7 Å². The molecule has 2 N–H and O–H groups in total. The van der Waals surface area contributed by atoms with Crippen molar-refractivity contribution >= 4 is 51.7 Å². The largest absolute Gasteiger partial charge is 0.507 e. The van der Waals surface area contributed by atoms with E-state index < -0.39 is 0 Å². The summed E-state index contributed by atoms with van der Waals surface area (Å²) in [7, 11) is 0. The van der Waals surface area contributed by atoms with E-state index >= 15 is 0 Å². The quantitative estimate of drug-likeness (QED) is 0.373. The number of phenols is 1. The lowest BCUT2D eigenvalue weighted by atomic mass is 9.83. The molecule has 0 saturated heterocycles. The van der Waals surface area contributed by atoms with Crippen LogP contribution >= 0.6 is 34.5 Å². The molecule has 0 amide bonds. The molecule has 0 bridgehead atoms. The maximum atomic E-state index is 12.6. The minimum atomic E-state index is -0.378. The summed E-state index contributed by atoms with van der Waals surface area (Å²) in [6, 6.07) is 7.80. The van der Waals surface area contributed by atoms with Crippen LogP contribution in [0.5, 0.6) is 5.75 Å². The lowest BCUT2D eigenvalue weighted by Gasteiger charge is -2.21. The molecular formula is C14H7ClINO3. The van der Waals surface area contributed by atoms with Crippen molar-refractivity contribution in [1.82, 2.24) is 0 Å². The van der Waals surface area contributed by atoms with Crippen LogP contribution in [0.2, 0.25) is 5.02 Å². The van der Waals surface area contributed by atoms with E-state index in [1.165, 1.54) is 6.07 Å². The normalized spacial score (nSPS) is 12.9. The van der Waals surface area contributed by atoms with Gasteiger partial charge in [-0.25, -0.2) is 0 Å². The molecule has 0 heterocycles. The maximum Gasteiger partial charge on any atom is 0.198 e. The summed E-state index contributed by atoms with van der Waals surface area (Å²) in [4.78, 5) is 25.0. The number of carbonyl (C=O) groups is 2. The Morgan fingerprint density at radius 3 is 2.15 bits per heavy atom. The van der Waals surface area contributed by atoms with E-state index in [-0.39, 0.29) is 33.5 Å². The summed E-state index contributed by atoms with van der Waals surface area (Å²) in [5.74, 6) is -0.988. The van der Waals surface area contributed by atoms with Crippen molar-refractivity contribution in [3.63, 3.8) is 0 Å². The van der Waals surface area contributed by atoms with Crippen molar-refractivity contribution in [3.05, 3.63) is 57.6 Å². The number of nitrogens with one attached hydrogen (secondary N) is 1. The van der Waals surface area contributed by atoms with Crippen LogP contribution in [0.4, 0.5) is 5.69 Å². The first-order chi connectivity index (χ1) is 9.56. The monoisotopic (exact) mass is 399 g/mol. The Morgan fingerprint density at radius 1 is 1.05 bits per heavy atom. The first-order valence-electron chi connectivity index (χ1n) is 5.66. The van der Waals surface area contributed by atoms with Gasteiger partial charge in [0.25, 0.3) is 0 Å². The van der Waals surface area contributed by atoms with E-state index in [0.717, 1.165) is 0 Å². The van der Waals surface area contributed by atoms with Gasteiger partial charge in [0.1, 0.15) is 5.75 Å². The highest BCUT2D eigenvalue weighted by Crippen LogP contribution is 2.41. The zero-order chi connectivity index (χ0) is 14.4. The van der Waals surface area contributed by atoms with Gasteiger partial charge in [-0.2, -0.15) is 0 Å². The molecule has 0 radical (unpaired) electrons. The van der Waals surface area contributed by atoms with Crippen molar-refractivity contribution in [2.75, 3.05) is 3.53 Å². The van der Waals surface area contributed by atoms with Crippen molar-refractivity contribution in [3.8, 4) is 5.75 Å². The average molecular weight is 400 g/mol. The molecule has 0 spiro atoms. The Kier molecular flexibility index (Phi) is 3.18. The molecule has 6 heteroatoms. The van der Waals surface area contributed by atoms with E-state index in [1.807, 2.05) is 22.9 Å². The Labute approximate surface area is 133 Å². The van der Waals surface area contributed by atoms with Gasteiger partial charge >= 0.3 is 0 Å². The van der Waals surface area contributed by atoms with Gasteiger partial charge in [-0.1, -0.05) is 35.9 Å². The third kappa shape index (κ3) is 1.73. The number of halogens is 2. The summed E-state index contributed by atoms with van der Waals surface area (Å²) in [6.07, 6.45) is 0. The van der Waals surface area contributed by atoms with Crippen molar-refractivity contribution in [1.29, 1.82) is 0 Å². The minimum absolute atomic E-state index is 0.00253. The highest BCUT2D eigenvalue weighted by atomic mass is 127. The number of benzene rings is 2. The summed E-state index contributed by atoms with van der Waals surface area (Å²) in [5.41, 5.74) is 1.07. The Hall–Kier alpha value is -1.60. The van der Waals surface area contributed by atoms with E-state index in [1.54, 1.807) is 24.3 Å². The van der Waals surface area contributed by atoms with Crippen LogP contribution in [0.25, 0.3) is 0 Å². The highest BCUT2D eigenvalue weighted by molar-refractivity contribution is 14.1. The molecule has 3 rings (SSSR count). The molecule has 2 aromatic rings. The van der Waals surface area contributed by atoms with Crippen molar-refractivity contribution in [2.45, 2.75) is 0 Å². The highest BCUT2D eigenvalue weighted by Gasteiger charge is 2.34. The zero-order valence-corrected chi connectivity index (χ0v) is 12.8. The summed E-state index contributed by atoms with van der Waals surface area (Å²) in [5, 5.41) is 10.2. The molecule has 0 aromatic heterocycles. The van der Waals surface area contributed by atoms with Crippen LogP contribution in [0.3, 0.4) is 0 Å². The lowest BCUT2D eigenvalue weighted by molar-refractivity contribution is 0.0977. The lowest BCUT2D eigenvalue weighted by Crippen LogP contribution is -2.22. The van der Waals surface area contributed by atoms with Crippen LogP contribution in [0.1, 0.15) is 31.8 Å². The number of rotatable bonds is 1. The first kappa shape index (κ1) is 13.4. The van der Waals surface area contributed by atoms with Crippen LogP contribution < -0.4 is 3.53 Å². The van der Waals surface area contributed by atoms with Crippen molar-refractivity contribution in [2.24, 2.45) is 0 Å². The number of hydrogen-bond acceptors (Lipinski definition) is 4. The molecular weight excluding hydrogens is 393 g/mol. The van der Waals surface area contributed by atoms with Gasteiger partial charge in [0.15, 0.2) is 11.6 Å². The molecule has 0 aliphatic heterocycles. The molecule has 4 nitrogen and oxygen atoms in total. The standard InChI is InChI=1S/C14H7ClINO3/c15-8-5-9(18)10-11(12(8)17-16)14(20)7-4-2-1-3-6(7)13(10)19/h1-5,17-18H. The molecule has 0 atom stereocenters. The number of anilines is 1. The molecule has 1 aliphatic carbocycles. The van der Waals surface area contributed by atoms with Gasteiger partial charge in [0.2, 0.25) is 0 Å². The second kappa shape index (κ2) is 4.75. The van der Waals surface area contributed by atoms with Crippen LogP contribution in [0, 0.1) is 0 Å². The number of phenolic OH excluding ortho intramolecular Hbond substituents is 1. The minimum Gasteiger partial charge on any atom is -0.507 e. The van der Waals surface area contributed by atoms with Gasteiger partial charge in [-0.3, -0.25) is 9.59 Å². The predicted octanol–water partition coefficient (Wildman–Crippen LogP) is 3.58. The smallest absolute Gasteiger partial charge is 0.198 e. The fourth-order valence-corrected chi connectivity index (χ4v) is 3.30. The third-order valence-electron chi connectivity index (χ3n) is 3.22. The predicted molar refractivity (Wildman–Crippen MR) is 84.1 cm³/mol. The number of ketones is 2. The molecule has 0 saturated carbocycles. The molecule has 1 aliphatic rings. The number of fused-ring (bicyclic) bond motifs is 2. The third-order valence-corrected chi connectivity index (χ3v) is 4.06. The molecule has 0 unspecified atom stereocenters. The van der Waals surface area contributed by atoms with Crippen LogP contribution in [-0.4, -0.2) is 16.7 Å². The van der Waals surface area contributed by atoms with Gasteiger partial charge in [0, 0.05) is 17.2 Å². The van der Waals surface area contributed by atoms with Crippen LogP contribution in [0.15, 0.2) is 30.3 Å². The fraction of sp³-hybridized carbons (Fsp3) is 0. The fourth-order valence-electron chi connectivity index (χ4n) is 2.33. The Morgan fingerprint density at radius 2 is 1.60 bits per heavy atom. The summed E-state index contributed by atoms with van der Waals surface area (Å²) in [6.45, 7) is 0. The van der Waals surface area contributed by atoms with E-state index in [9.17, 15) is 14.7 Å². The van der Waals surface area contributed by atoms with E-state index in [4.69, 9.17) is 11.6 Å². The molecule has 100 valence electrons. The van der Waals surface area contributed by atoms with Gasteiger partial charge in [-0.15, -0.1) is 0 Å². The molecule has 0 fully saturated rings. The van der Waals surface area contributed by atoms with Crippen molar-refractivity contribution < 1.29 is 14.7 Å². The second-order valence-corrected chi connectivity index (χ2v) is 5.25. The Balaban J connectivity index is 2.42. The number of carbonyl (C=O) groups excluding carboxylic acids is 2. The van der Waals surface area contributed by atoms with Gasteiger partial charge < -0.3 is 8.64 Å². The SMILES string of the molecule is O=C1c2ccccc2C(=O)c2c(NI)c(Cl)cc(O)c21. The zero-order valence-electron chi connectivity index (χ0n) is 9.91. The number of aromatic hydroxyl groups is 1. The Bertz CT molecular complexity index is 773. The van der Waals surface area contributed by atoms with Gasteiger partial charge in [-0.05, 0) is 0 Å². The second-order valence-electron chi connectivity index (χ2n) is 4.30. The molecule has 2 aromatic carbocycles. The summed E-state index contributed by atoms with van der Waals surface area (Å²) >= 11 is 7.85. The maximum absolute atomic E-state index is 12.6. The number of hydrogen-bond donors (Lipinski definition) is 2. The van der Waals surface area contributed by atoms with E-state index in [2.05, 4.69) is 3.53 Å². The topological polar surface area (TPSA) is 66.4 Å². The van der Waals surface area contributed by atoms with E-state index in [0.29, 0.717) is 16.8 Å². The van der Waals surface area contributed by atoms with Crippen LogP contribution in [-0.2, 0) is 0 Å². The molecule has 20 heavy (non-hydrogen) atoms.